The van der Waals surface area contributed by atoms with Crippen LogP contribution in [0.15, 0.2) is 129 Å². The lowest BCUT2D eigenvalue weighted by molar-refractivity contribution is 0.444. The summed E-state index contributed by atoms with van der Waals surface area (Å²) in [6.45, 7) is 2.12. The summed E-state index contributed by atoms with van der Waals surface area (Å²) in [5.74, 6) is 3.74. The van der Waals surface area contributed by atoms with Crippen LogP contribution in [-0.4, -0.2) is 51.4 Å². The zero-order valence-corrected chi connectivity index (χ0v) is 28.5. The smallest absolute Gasteiger partial charge is 0.241 e. The summed E-state index contributed by atoms with van der Waals surface area (Å²) in [4.78, 5) is 33.5. The SMILES string of the molecule is C1=CC2=NC(c3ccc(C4CCCCC4)cc3Nc3cccnc3)=NC3=NC(c4ccc(N5CCCCC5)cc4Nc4cccnc4)=NC(=C1)N23. The Balaban J connectivity index is 1.12. The largest absolute Gasteiger partial charge is 0.371 e. The summed E-state index contributed by atoms with van der Waals surface area (Å²) in [5, 5.41) is 7.25. The summed E-state index contributed by atoms with van der Waals surface area (Å²) in [7, 11) is 0. The number of amidine groups is 3. The molecule has 0 bridgehead atoms. The molecule has 0 atom stereocenters. The number of nitrogens with zero attached hydrogens (tertiary/aromatic N) is 8. The Bertz CT molecular complexity index is 2010. The molecule has 6 heterocycles. The molecule has 254 valence electrons. The minimum atomic E-state index is 0.534. The van der Waals surface area contributed by atoms with Crippen molar-refractivity contribution in [2.24, 2.45) is 20.0 Å². The molecule has 2 aromatic heterocycles. The Morgan fingerprint density at radius 2 is 1.33 bits per heavy atom. The van der Waals surface area contributed by atoms with Crippen molar-refractivity contribution in [3.8, 4) is 0 Å². The van der Waals surface area contributed by atoms with E-state index in [1.54, 1.807) is 12.4 Å². The number of piperidine rings is 1. The summed E-state index contributed by atoms with van der Waals surface area (Å²) in [6.07, 6.45) is 23.2. The van der Waals surface area contributed by atoms with Gasteiger partial charge in [-0.25, -0.2) is 14.9 Å². The van der Waals surface area contributed by atoms with Gasteiger partial charge in [-0.1, -0.05) is 31.4 Å². The number of guanidine groups is 1. The Morgan fingerprint density at radius 1 is 0.647 bits per heavy atom. The van der Waals surface area contributed by atoms with Crippen LogP contribution in [0.2, 0.25) is 0 Å². The number of allylic oxidation sites excluding steroid dienone is 2. The quantitative estimate of drug-likeness (QED) is 0.194. The fraction of sp³-hybridized carbons (Fsp3) is 0.268. The first kappa shape index (κ1) is 31.1. The van der Waals surface area contributed by atoms with Gasteiger partial charge >= 0.3 is 0 Å². The number of aliphatic imine (C=N–C) groups is 4. The highest BCUT2D eigenvalue weighted by molar-refractivity contribution is 6.26. The number of anilines is 5. The molecule has 4 aromatic rings. The van der Waals surface area contributed by atoms with E-state index in [2.05, 4.69) is 61.9 Å². The lowest BCUT2D eigenvalue weighted by Crippen LogP contribution is -2.41. The Labute approximate surface area is 298 Å². The third-order valence-corrected chi connectivity index (χ3v) is 10.2. The topological polar surface area (TPSA) is 106 Å². The normalized spacial score (nSPS) is 18.5. The Kier molecular flexibility index (Phi) is 8.41. The van der Waals surface area contributed by atoms with Crippen LogP contribution >= 0.6 is 0 Å². The molecule has 1 aliphatic carbocycles. The van der Waals surface area contributed by atoms with Gasteiger partial charge in [-0.15, -0.1) is 0 Å². The monoisotopic (exact) mass is 672 g/mol. The first-order chi connectivity index (χ1) is 25.2. The molecule has 1 saturated heterocycles. The van der Waals surface area contributed by atoms with Crippen LogP contribution in [0.5, 0.6) is 0 Å². The van der Waals surface area contributed by atoms with E-state index in [0.717, 1.165) is 58.6 Å². The fourth-order valence-electron chi connectivity index (χ4n) is 7.60. The van der Waals surface area contributed by atoms with Crippen molar-refractivity contribution in [2.45, 2.75) is 57.3 Å². The second-order valence-electron chi connectivity index (χ2n) is 13.6. The van der Waals surface area contributed by atoms with Gasteiger partial charge in [0.15, 0.2) is 11.7 Å². The molecule has 2 aromatic carbocycles. The van der Waals surface area contributed by atoms with Crippen molar-refractivity contribution < 1.29 is 0 Å². The zero-order chi connectivity index (χ0) is 34.0. The number of aromatic nitrogens is 2. The van der Waals surface area contributed by atoms with Gasteiger partial charge in [0.05, 0.1) is 29.5 Å². The van der Waals surface area contributed by atoms with E-state index in [0.29, 0.717) is 23.5 Å². The highest BCUT2D eigenvalue weighted by Gasteiger charge is 2.32. The van der Waals surface area contributed by atoms with Crippen LogP contribution in [0.4, 0.5) is 28.4 Å². The van der Waals surface area contributed by atoms with E-state index in [4.69, 9.17) is 20.0 Å². The molecule has 10 heteroatoms. The van der Waals surface area contributed by atoms with Crippen LogP contribution < -0.4 is 15.5 Å². The number of nitrogens with one attached hydrogen (secondary N) is 2. The Hall–Kier alpha value is -5.90. The molecule has 5 aliphatic rings. The molecule has 51 heavy (non-hydrogen) atoms. The van der Waals surface area contributed by atoms with Gasteiger partial charge in [-0.3, -0.25) is 9.97 Å². The number of benzene rings is 2. The van der Waals surface area contributed by atoms with Crippen molar-refractivity contribution in [1.82, 2.24) is 14.9 Å². The van der Waals surface area contributed by atoms with E-state index in [-0.39, 0.29) is 0 Å². The van der Waals surface area contributed by atoms with Crippen LogP contribution in [0.25, 0.3) is 0 Å². The van der Waals surface area contributed by atoms with Gasteiger partial charge in [-0.2, -0.15) is 9.98 Å². The molecule has 0 amide bonds. The number of pyridine rings is 2. The minimum Gasteiger partial charge on any atom is -0.371 e. The first-order valence-electron chi connectivity index (χ1n) is 18.2. The third kappa shape index (κ3) is 6.45. The molecule has 0 unspecified atom stereocenters. The van der Waals surface area contributed by atoms with E-state index < -0.39 is 0 Å². The predicted molar refractivity (Wildman–Crippen MR) is 207 cm³/mol. The van der Waals surface area contributed by atoms with E-state index in [1.165, 1.54) is 62.6 Å². The first-order valence-corrected chi connectivity index (χ1v) is 18.2. The predicted octanol–water partition coefficient (Wildman–Crippen LogP) is 8.69. The maximum atomic E-state index is 5.14. The van der Waals surface area contributed by atoms with Gasteiger partial charge < -0.3 is 15.5 Å². The van der Waals surface area contributed by atoms with Crippen molar-refractivity contribution in [2.75, 3.05) is 28.6 Å². The summed E-state index contributed by atoms with van der Waals surface area (Å²) < 4.78 is 0. The van der Waals surface area contributed by atoms with Gasteiger partial charge in [0.25, 0.3) is 0 Å². The maximum Gasteiger partial charge on any atom is 0.241 e. The van der Waals surface area contributed by atoms with Crippen molar-refractivity contribution in [3.05, 3.63) is 126 Å². The highest BCUT2D eigenvalue weighted by atomic mass is 15.4. The number of rotatable bonds is 8. The summed E-state index contributed by atoms with van der Waals surface area (Å²) in [6, 6.07) is 21.2. The van der Waals surface area contributed by atoms with Gasteiger partial charge in [0, 0.05) is 48.0 Å². The van der Waals surface area contributed by atoms with Crippen LogP contribution in [-0.2, 0) is 0 Å². The van der Waals surface area contributed by atoms with Crippen LogP contribution in [0.3, 0.4) is 0 Å². The Morgan fingerprint density at radius 3 is 2.06 bits per heavy atom. The molecule has 10 nitrogen and oxygen atoms in total. The minimum absolute atomic E-state index is 0.534. The highest BCUT2D eigenvalue weighted by Crippen LogP contribution is 2.37. The van der Waals surface area contributed by atoms with Gasteiger partial charge in [-0.05, 0) is 110 Å². The van der Waals surface area contributed by atoms with E-state index >= 15 is 0 Å². The second kappa shape index (κ2) is 13.8. The maximum absolute atomic E-state index is 5.14. The van der Waals surface area contributed by atoms with Gasteiger partial charge in [0.1, 0.15) is 11.7 Å². The van der Waals surface area contributed by atoms with Crippen LogP contribution in [0.1, 0.15) is 74.0 Å². The average molecular weight is 673 g/mol. The average Bonchev–Trinajstić information content (AvgIpc) is 3.19. The molecule has 1 saturated carbocycles. The van der Waals surface area contributed by atoms with Crippen LogP contribution in [0, 0.1) is 0 Å². The standard InChI is InChI=1S/C41H40N10/c1-3-10-28(11-4-1)29-16-18-33(35(24-29)44-30-12-8-20-42-26-30)39-46-37-14-7-15-38-47-40(49-41(48-39)51(37)38)34-19-17-32(50-22-5-2-6-23-50)25-36(34)45-31-13-9-21-43-27-31/h7-9,12-21,24-28,44-45H,1-6,10-11,22-23H2. The molecule has 0 radical (unpaired) electrons. The zero-order valence-electron chi connectivity index (χ0n) is 28.5. The number of hydrogen-bond donors (Lipinski definition) is 2. The molecular formula is C41H40N10. The summed E-state index contributed by atoms with van der Waals surface area (Å²) in [5.41, 5.74) is 8.03. The third-order valence-electron chi connectivity index (χ3n) is 10.2. The lowest BCUT2D eigenvalue weighted by Gasteiger charge is -2.32. The molecule has 9 rings (SSSR count). The van der Waals surface area contributed by atoms with Crippen molar-refractivity contribution >= 4 is 51.9 Å². The number of hydrogen-bond acceptors (Lipinski definition) is 10. The van der Waals surface area contributed by atoms with Crippen molar-refractivity contribution in [1.29, 1.82) is 0 Å². The fourth-order valence-corrected chi connectivity index (χ4v) is 7.60. The summed E-state index contributed by atoms with van der Waals surface area (Å²) >= 11 is 0. The molecule has 0 spiro atoms. The van der Waals surface area contributed by atoms with Gasteiger partial charge in [0.2, 0.25) is 5.96 Å². The molecule has 4 aliphatic heterocycles. The lowest BCUT2D eigenvalue weighted by atomic mass is 9.83. The van der Waals surface area contributed by atoms with E-state index in [9.17, 15) is 0 Å². The van der Waals surface area contributed by atoms with E-state index in [1.807, 2.05) is 59.8 Å². The van der Waals surface area contributed by atoms with Crippen molar-refractivity contribution in [3.63, 3.8) is 0 Å². The second-order valence-corrected chi connectivity index (χ2v) is 13.6. The molecule has 2 fully saturated rings. The molecule has 2 N–H and O–H groups in total. The molecular weight excluding hydrogens is 633 g/mol.